The van der Waals surface area contributed by atoms with Gasteiger partial charge in [-0.2, -0.15) is 0 Å². The molecule has 0 saturated heterocycles. The molecule has 0 aliphatic carbocycles. The van der Waals surface area contributed by atoms with Crippen molar-refractivity contribution >= 4 is 39.5 Å². The Bertz CT molecular complexity index is 1840. The Morgan fingerprint density at radius 1 is 0.305 bits per heavy atom. The first kappa shape index (κ1) is 93.1. The molecule has 0 aliphatic heterocycles. The summed E-state index contributed by atoms with van der Waals surface area (Å²) < 4.78 is 68.5. The van der Waals surface area contributed by atoms with Gasteiger partial charge >= 0.3 is 39.5 Å². The Morgan fingerprint density at radius 3 is 0.800 bits per heavy atom. The van der Waals surface area contributed by atoms with Crippen molar-refractivity contribution in [1.82, 2.24) is 0 Å². The molecule has 0 rings (SSSR count). The van der Waals surface area contributed by atoms with Gasteiger partial charge in [0.15, 0.2) is 12.2 Å². The molecular formula is C76H148O17P2. The van der Waals surface area contributed by atoms with Gasteiger partial charge in [-0.15, -0.1) is 0 Å². The second-order valence-electron chi connectivity index (χ2n) is 28.1. The van der Waals surface area contributed by atoms with Crippen LogP contribution in [-0.4, -0.2) is 96.7 Å². The fraction of sp³-hybridized carbons (Fsp3) is 0.947. The average Bonchev–Trinajstić information content (AvgIpc) is 1.26. The van der Waals surface area contributed by atoms with E-state index in [0.717, 1.165) is 102 Å². The van der Waals surface area contributed by atoms with Crippen LogP contribution in [0.15, 0.2) is 0 Å². The molecule has 0 amide bonds. The van der Waals surface area contributed by atoms with Crippen molar-refractivity contribution < 1.29 is 80.2 Å². The van der Waals surface area contributed by atoms with E-state index in [1.165, 1.54) is 212 Å². The van der Waals surface area contributed by atoms with Gasteiger partial charge in [0.1, 0.15) is 19.3 Å². The van der Waals surface area contributed by atoms with Crippen LogP contribution in [0.1, 0.15) is 395 Å². The van der Waals surface area contributed by atoms with Crippen molar-refractivity contribution in [3.8, 4) is 0 Å². The normalized spacial score (nSPS) is 14.3. The van der Waals surface area contributed by atoms with E-state index >= 15 is 0 Å². The zero-order valence-corrected chi connectivity index (χ0v) is 63.8. The van der Waals surface area contributed by atoms with Gasteiger partial charge < -0.3 is 33.8 Å². The highest BCUT2D eigenvalue weighted by Gasteiger charge is 2.30. The maximum Gasteiger partial charge on any atom is 0.472 e. The first-order chi connectivity index (χ1) is 45.9. The monoisotopic (exact) mass is 1400 g/mol. The van der Waals surface area contributed by atoms with Crippen LogP contribution in [0.2, 0.25) is 0 Å². The quantitative estimate of drug-likeness (QED) is 0.0222. The summed E-state index contributed by atoms with van der Waals surface area (Å²) in [6.07, 6.45) is 55.5. The Morgan fingerprint density at radius 2 is 0.537 bits per heavy atom. The van der Waals surface area contributed by atoms with Crippen LogP contribution >= 0.6 is 15.6 Å². The minimum Gasteiger partial charge on any atom is -0.462 e. The van der Waals surface area contributed by atoms with Crippen molar-refractivity contribution in [2.75, 3.05) is 39.6 Å². The predicted molar refractivity (Wildman–Crippen MR) is 386 cm³/mol. The lowest BCUT2D eigenvalue weighted by molar-refractivity contribution is -0.161. The molecule has 6 atom stereocenters. The van der Waals surface area contributed by atoms with Gasteiger partial charge in [-0.25, -0.2) is 9.13 Å². The molecule has 0 bridgehead atoms. The van der Waals surface area contributed by atoms with Crippen molar-refractivity contribution in [3.05, 3.63) is 0 Å². The van der Waals surface area contributed by atoms with Crippen LogP contribution in [0.4, 0.5) is 0 Å². The number of phosphoric acid groups is 2. The highest BCUT2D eigenvalue weighted by Crippen LogP contribution is 2.45. The summed E-state index contributed by atoms with van der Waals surface area (Å²) in [6, 6.07) is 0. The van der Waals surface area contributed by atoms with E-state index in [9.17, 15) is 43.2 Å². The van der Waals surface area contributed by atoms with Crippen molar-refractivity contribution in [2.24, 2.45) is 11.8 Å². The van der Waals surface area contributed by atoms with E-state index < -0.39 is 97.5 Å². The molecule has 0 aromatic rings. The number of phosphoric ester groups is 2. The second kappa shape index (κ2) is 67.9. The standard InChI is InChI=1S/C76H148O17P2/c1-7-10-12-14-16-18-19-20-21-22-23-24-25-26-31-35-42-48-54-60-75(80)92-71(65-87-74(79)59-53-47-41-34-30-28-27-29-33-38-44-50-56-68(4)5)66-90-94(82,83)88-62-70(77)63-89-95(84,85)91-67-72(64-86-73(78)58-52-46-40-32-17-15-13-11-8-2)93-76(81)61-55-49-43-37-36-39-45-51-57-69(6)9-3/h68-72,77H,7-67H2,1-6H3,(H,82,83)(H,84,85)/t69?,70-,71-,72-/m1/s1. The number of esters is 4. The third-order valence-corrected chi connectivity index (χ3v) is 20.0. The summed E-state index contributed by atoms with van der Waals surface area (Å²) in [5.74, 6) is -0.566. The van der Waals surface area contributed by atoms with E-state index in [1.807, 2.05) is 0 Å². The minimum atomic E-state index is -4.96. The van der Waals surface area contributed by atoms with Gasteiger partial charge in [-0.05, 0) is 37.5 Å². The smallest absolute Gasteiger partial charge is 0.462 e. The number of hydrogen-bond donors (Lipinski definition) is 3. The Balaban J connectivity index is 5.22. The number of rotatable bonds is 75. The first-order valence-electron chi connectivity index (χ1n) is 39.5. The molecule has 17 nitrogen and oxygen atoms in total. The van der Waals surface area contributed by atoms with Crippen LogP contribution in [0.3, 0.4) is 0 Å². The average molecular weight is 1400 g/mol. The highest BCUT2D eigenvalue weighted by atomic mass is 31.2. The largest absolute Gasteiger partial charge is 0.472 e. The van der Waals surface area contributed by atoms with Gasteiger partial charge in [0, 0.05) is 25.7 Å². The van der Waals surface area contributed by atoms with Gasteiger partial charge in [-0.3, -0.25) is 37.3 Å². The summed E-state index contributed by atoms with van der Waals surface area (Å²) in [7, 11) is -9.91. The Hall–Kier alpha value is -1.94. The topological polar surface area (TPSA) is 237 Å². The van der Waals surface area contributed by atoms with E-state index in [-0.39, 0.29) is 25.7 Å². The van der Waals surface area contributed by atoms with E-state index in [4.69, 9.17) is 37.0 Å². The molecule has 0 fully saturated rings. The zero-order chi connectivity index (χ0) is 70.0. The fourth-order valence-corrected chi connectivity index (χ4v) is 13.2. The van der Waals surface area contributed by atoms with Crippen LogP contribution in [0, 0.1) is 11.8 Å². The Labute approximate surface area is 581 Å². The van der Waals surface area contributed by atoms with Gasteiger partial charge in [0.2, 0.25) is 0 Å². The first-order valence-corrected chi connectivity index (χ1v) is 42.5. The van der Waals surface area contributed by atoms with Crippen LogP contribution in [0.25, 0.3) is 0 Å². The molecule has 564 valence electrons. The number of carbonyl (C=O) groups is 4. The fourth-order valence-electron chi connectivity index (χ4n) is 11.6. The van der Waals surface area contributed by atoms with E-state index in [1.54, 1.807) is 0 Å². The number of aliphatic hydroxyl groups excluding tert-OH is 1. The molecule has 3 unspecified atom stereocenters. The summed E-state index contributed by atoms with van der Waals surface area (Å²) in [6.45, 7) is 9.59. The van der Waals surface area contributed by atoms with Gasteiger partial charge in [-0.1, -0.05) is 343 Å². The summed E-state index contributed by atoms with van der Waals surface area (Å²) in [4.78, 5) is 72.8. The van der Waals surface area contributed by atoms with Crippen molar-refractivity contribution in [2.45, 2.75) is 413 Å². The minimum absolute atomic E-state index is 0.105. The zero-order valence-electron chi connectivity index (χ0n) is 62.0. The molecule has 0 aromatic carbocycles. The summed E-state index contributed by atoms with van der Waals surface area (Å²) >= 11 is 0. The number of carbonyl (C=O) groups excluding carboxylic acids is 4. The van der Waals surface area contributed by atoms with Crippen LogP contribution in [0.5, 0.6) is 0 Å². The molecule has 19 heteroatoms. The number of aliphatic hydroxyl groups is 1. The third kappa shape index (κ3) is 69.0. The lowest BCUT2D eigenvalue weighted by atomic mass is 9.99. The molecule has 3 N–H and O–H groups in total. The third-order valence-electron chi connectivity index (χ3n) is 18.1. The summed E-state index contributed by atoms with van der Waals surface area (Å²) in [5, 5.41) is 10.6. The molecule has 0 aromatic heterocycles. The molecule has 0 aliphatic rings. The number of hydrogen-bond acceptors (Lipinski definition) is 15. The maximum absolute atomic E-state index is 13.1. The number of unbranched alkanes of at least 4 members (excludes halogenated alkanes) is 44. The molecule has 0 saturated carbocycles. The van der Waals surface area contributed by atoms with Gasteiger partial charge in [0.25, 0.3) is 0 Å². The summed E-state index contributed by atoms with van der Waals surface area (Å²) in [5.41, 5.74) is 0. The van der Waals surface area contributed by atoms with Crippen LogP contribution in [-0.2, 0) is 65.4 Å². The lowest BCUT2D eigenvalue weighted by Crippen LogP contribution is -2.30. The SMILES string of the molecule is CCCCCCCCCCCCCCCCCCCCCC(=O)O[C@H](COC(=O)CCCCCCCCCCCCCCC(C)C)COP(=O)(O)OC[C@@H](O)COP(=O)(O)OC[C@@H](COC(=O)CCCCCCCCCCC)OC(=O)CCCCCCCCCCC(C)CC. The second-order valence-corrected chi connectivity index (χ2v) is 31.0. The molecule has 0 radical (unpaired) electrons. The van der Waals surface area contributed by atoms with E-state index in [0.29, 0.717) is 25.7 Å². The highest BCUT2D eigenvalue weighted by molar-refractivity contribution is 7.47. The van der Waals surface area contributed by atoms with Crippen molar-refractivity contribution in [1.29, 1.82) is 0 Å². The lowest BCUT2D eigenvalue weighted by Gasteiger charge is -2.21. The van der Waals surface area contributed by atoms with E-state index in [2.05, 4.69) is 41.5 Å². The number of ether oxygens (including phenoxy) is 4. The molecule has 95 heavy (non-hydrogen) atoms. The molecular weight excluding hydrogens is 1250 g/mol. The van der Waals surface area contributed by atoms with Crippen molar-refractivity contribution in [3.63, 3.8) is 0 Å². The molecule has 0 spiro atoms. The predicted octanol–water partition coefficient (Wildman–Crippen LogP) is 22.3. The van der Waals surface area contributed by atoms with Crippen LogP contribution < -0.4 is 0 Å². The maximum atomic E-state index is 13.1. The molecule has 0 heterocycles. The van der Waals surface area contributed by atoms with Gasteiger partial charge in [0.05, 0.1) is 26.4 Å². The Kier molecular flexibility index (Phi) is 66.5.